The number of hydrogen-bond acceptors (Lipinski definition) is 4. The summed E-state index contributed by atoms with van der Waals surface area (Å²) in [6, 6.07) is 1.72. The predicted octanol–water partition coefficient (Wildman–Crippen LogP) is -0.0722. The lowest BCUT2D eigenvalue weighted by Crippen LogP contribution is -2.12. The molecule has 0 aliphatic rings. The van der Waals surface area contributed by atoms with E-state index in [-0.39, 0.29) is 19.4 Å². The molecule has 10 heavy (non-hydrogen) atoms. The van der Waals surface area contributed by atoms with Gasteiger partial charge in [-0.15, -0.1) is 0 Å². The molecule has 0 spiro atoms. The third-order valence-electron chi connectivity index (χ3n) is 0.972. The summed E-state index contributed by atoms with van der Waals surface area (Å²) < 4.78 is 0. The van der Waals surface area contributed by atoms with Crippen molar-refractivity contribution in [2.75, 3.05) is 6.54 Å². The second-order valence-corrected chi connectivity index (χ2v) is 1.86. The van der Waals surface area contributed by atoms with E-state index in [2.05, 4.69) is 0 Å². The fourth-order valence-corrected chi connectivity index (χ4v) is 0.462. The third kappa shape index (κ3) is 5.00. The van der Waals surface area contributed by atoms with Gasteiger partial charge in [0.25, 0.3) is 0 Å². The van der Waals surface area contributed by atoms with Crippen molar-refractivity contribution in [1.29, 1.82) is 5.26 Å². The Labute approximate surface area is 58.0 Å². The minimum atomic E-state index is -0.851. The third-order valence-corrected chi connectivity index (χ3v) is 0.972. The number of nitro groups is 1. The largest absolute Gasteiger partial charge is 0.392 e. The first-order chi connectivity index (χ1) is 4.66. The topological polar surface area (TPSA) is 87.2 Å². The highest BCUT2D eigenvalue weighted by atomic mass is 16.6. The molecule has 0 aromatic rings. The fraction of sp³-hybridized carbons (Fsp3) is 0.800. The highest BCUT2D eigenvalue weighted by Crippen LogP contribution is 1.95. The summed E-state index contributed by atoms with van der Waals surface area (Å²) >= 11 is 0. The molecule has 0 aromatic carbocycles. The van der Waals surface area contributed by atoms with Crippen LogP contribution < -0.4 is 0 Å². The Morgan fingerprint density at radius 3 is 2.80 bits per heavy atom. The first-order valence-corrected chi connectivity index (χ1v) is 2.83. The monoisotopic (exact) mass is 144 g/mol. The van der Waals surface area contributed by atoms with Gasteiger partial charge in [0.15, 0.2) is 0 Å². The van der Waals surface area contributed by atoms with Crippen molar-refractivity contribution >= 4 is 0 Å². The van der Waals surface area contributed by atoms with Gasteiger partial charge in [-0.05, 0) is 0 Å². The van der Waals surface area contributed by atoms with Crippen LogP contribution in [0.4, 0.5) is 0 Å². The molecule has 0 saturated carbocycles. The van der Waals surface area contributed by atoms with Gasteiger partial charge >= 0.3 is 0 Å². The van der Waals surface area contributed by atoms with Gasteiger partial charge in [-0.1, -0.05) is 0 Å². The highest BCUT2D eigenvalue weighted by molar-refractivity contribution is 4.74. The molecule has 5 heteroatoms. The van der Waals surface area contributed by atoms with Gasteiger partial charge in [-0.25, -0.2) is 0 Å². The lowest BCUT2D eigenvalue weighted by atomic mass is 10.2. The SMILES string of the molecule is N#CC[C@H](O)CC[N+](=O)[O-]. The molecule has 5 nitrogen and oxygen atoms in total. The minimum absolute atomic E-state index is 0.0339. The summed E-state index contributed by atoms with van der Waals surface area (Å²) in [5.74, 6) is 0. The summed E-state index contributed by atoms with van der Waals surface area (Å²) in [6.45, 7) is -0.275. The van der Waals surface area contributed by atoms with Crippen LogP contribution in [0, 0.1) is 21.4 Å². The molecule has 0 aliphatic carbocycles. The summed E-state index contributed by atoms with van der Waals surface area (Å²) in [6.07, 6.45) is -0.829. The molecule has 0 saturated heterocycles. The van der Waals surface area contributed by atoms with Gasteiger partial charge < -0.3 is 5.11 Å². The maximum atomic E-state index is 9.72. The summed E-state index contributed by atoms with van der Waals surface area (Å²) in [7, 11) is 0. The van der Waals surface area contributed by atoms with Gasteiger partial charge in [0.2, 0.25) is 6.54 Å². The van der Waals surface area contributed by atoms with Crippen LogP contribution in [0.25, 0.3) is 0 Å². The first-order valence-electron chi connectivity index (χ1n) is 2.83. The molecule has 0 unspecified atom stereocenters. The quantitative estimate of drug-likeness (QED) is 0.441. The number of rotatable bonds is 4. The van der Waals surface area contributed by atoms with E-state index in [4.69, 9.17) is 10.4 Å². The Bertz CT molecular complexity index is 151. The van der Waals surface area contributed by atoms with Gasteiger partial charge in [-0.2, -0.15) is 5.26 Å². The van der Waals surface area contributed by atoms with Crippen LogP contribution in [-0.2, 0) is 0 Å². The zero-order valence-corrected chi connectivity index (χ0v) is 5.36. The summed E-state index contributed by atoms with van der Waals surface area (Å²) in [5.41, 5.74) is 0. The lowest BCUT2D eigenvalue weighted by molar-refractivity contribution is -0.481. The number of aliphatic hydroxyl groups is 1. The molecule has 0 rings (SSSR count). The number of hydrogen-bond donors (Lipinski definition) is 1. The van der Waals surface area contributed by atoms with Crippen LogP contribution in [-0.4, -0.2) is 22.7 Å². The van der Waals surface area contributed by atoms with Crippen molar-refractivity contribution < 1.29 is 10.0 Å². The molecule has 0 amide bonds. The molecule has 0 bridgehead atoms. The highest BCUT2D eigenvalue weighted by Gasteiger charge is 2.06. The van der Waals surface area contributed by atoms with Crippen molar-refractivity contribution in [2.24, 2.45) is 0 Å². The Hall–Kier alpha value is -1.15. The van der Waals surface area contributed by atoms with Crippen molar-refractivity contribution in [3.05, 3.63) is 10.1 Å². The molecule has 56 valence electrons. The van der Waals surface area contributed by atoms with Crippen LogP contribution in [0.5, 0.6) is 0 Å². The number of nitrogens with zero attached hydrogens (tertiary/aromatic N) is 2. The van der Waals surface area contributed by atoms with Crippen molar-refractivity contribution in [3.8, 4) is 6.07 Å². The second-order valence-electron chi connectivity index (χ2n) is 1.86. The van der Waals surface area contributed by atoms with E-state index >= 15 is 0 Å². The van der Waals surface area contributed by atoms with Gasteiger partial charge in [-0.3, -0.25) is 10.1 Å². The molecule has 0 aliphatic heterocycles. The molecule has 1 atom stereocenters. The molecule has 0 fully saturated rings. The summed E-state index contributed by atoms with van der Waals surface area (Å²) in [4.78, 5) is 9.21. The maximum Gasteiger partial charge on any atom is 0.206 e. The van der Waals surface area contributed by atoms with E-state index < -0.39 is 11.0 Å². The van der Waals surface area contributed by atoms with Gasteiger partial charge in [0.05, 0.1) is 18.6 Å². The normalized spacial score (nSPS) is 12.0. The Kier molecular flexibility index (Phi) is 4.16. The standard InChI is InChI=1S/C5H8N2O3/c6-3-1-5(8)2-4-7(9)10/h5,8H,1-2,4H2/t5-/m0/s1. The zero-order chi connectivity index (χ0) is 7.98. The molecule has 0 radical (unpaired) electrons. The lowest BCUT2D eigenvalue weighted by Gasteiger charge is -1.99. The maximum absolute atomic E-state index is 9.72. The van der Waals surface area contributed by atoms with E-state index in [1.807, 2.05) is 0 Å². The molecule has 1 N–H and O–H groups in total. The Balaban J connectivity index is 3.32. The van der Waals surface area contributed by atoms with Crippen LogP contribution in [0.1, 0.15) is 12.8 Å². The fourth-order valence-electron chi connectivity index (χ4n) is 0.462. The van der Waals surface area contributed by atoms with E-state index in [0.717, 1.165) is 0 Å². The summed E-state index contributed by atoms with van der Waals surface area (Å²) in [5, 5.41) is 26.5. The second kappa shape index (κ2) is 4.70. The van der Waals surface area contributed by atoms with Crippen LogP contribution in [0.15, 0.2) is 0 Å². The average molecular weight is 144 g/mol. The van der Waals surface area contributed by atoms with E-state index in [1.165, 1.54) is 0 Å². The van der Waals surface area contributed by atoms with Crippen LogP contribution in [0.3, 0.4) is 0 Å². The minimum Gasteiger partial charge on any atom is -0.392 e. The smallest absolute Gasteiger partial charge is 0.206 e. The van der Waals surface area contributed by atoms with Gasteiger partial charge in [0.1, 0.15) is 0 Å². The van der Waals surface area contributed by atoms with Crippen LogP contribution in [0.2, 0.25) is 0 Å². The van der Waals surface area contributed by atoms with Crippen molar-refractivity contribution in [1.82, 2.24) is 0 Å². The average Bonchev–Trinajstić information content (AvgIpc) is 1.85. The Morgan fingerprint density at radius 1 is 1.80 bits per heavy atom. The van der Waals surface area contributed by atoms with Crippen molar-refractivity contribution in [3.63, 3.8) is 0 Å². The number of aliphatic hydroxyl groups excluding tert-OH is 1. The van der Waals surface area contributed by atoms with Crippen molar-refractivity contribution in [2.45, 2.75) is 18.9 Å². The molecule has 0 heterocycles. The predicted molar refractivity (Wildman–Crippen MR) is 32.7 cm³/mol. The van der Waals surface area contributed by atoms with E-state index in [1.54, 1.807) is 6.07 Å². The molecular formula is C5H8N2O3. The van der Waals surface area contributed by atoms with Crippen LogP contribution >= 0.6 is 0 Å². The van der Waals surface area contributed by atoms with E-state index in [9.17, 15) is 10.1 Å². The Morgan fingerprint density at radius 2 is 2.40 bits per heavy atom. The first kappa shape index (κ1) is 8.85. The van der Waals surface area contributed by atoms with E-state index in [0.29, 0.717) is 0 Å². The molecular weight excluding hydrogens is 136 g/mol. The zero-order valence-electron chi connectivity index (χ0n) is 5.36. The number of nitriles is 1. The molecule has 0 aromatic heterocycles. The van der Waals surface area contributed by atoms with Gasteiger partial charge in [0, 0.05) is 11.3 Å².